The summed E-state index contributed by atoms with van der Waals surface area (Å²) >= 11 is 0. The number of aromatic amines is 1. The molecule has 0 aromatic carbocycles. The minimum Gasteiger partial charge on any atom is -0.337 e. The predicted octanol–water partition coefficient (Wildman–Crippen LogP) is 1.07. The number of nitrogens with zero attached hydrogens (tertiary/aromatic N) is 3. The normalized spacial score (nSPS) is 22.5. The van der Waals surface area contributed by atoms with Gasteiger partial charge in [-0.25, -0.2) is 0 Å². The summed E-state index contributed by atoms with van der Waals surface area (Å²) in [6.45, 7) is 3.92. The second-order valence-electron chi connectivity index (χ2n) is 4.18. The van der Waals surface area contributed by atoms with Gasteiger partial charge in [-0.2, -0.15) is 15.4 Å². The molecule has 82 valence electrons. The SMILES string of the molecule is CC1CCCN(C(=O)c2cn[nH]n2)CC1. The Balaban J connectivity index is 2.01. The van der Waals surface area contributed by atoms with E-state index in [2.05, 4.69) is 22.3 Å². The van der Waals surface area contributed by atoms with Crippen molar-refractivity contribution in [1.29, 1.82) is 0 Å². The molecule has 0 aliphatic carbocycles. The van der Waals surface area contributed by atoms with Gasteiger partial charge in [0.15, 0.2) is 5.69 Å². The van der Waals surface area contributed by atoms with Gasteiger partial charge in [0.1, 0.15) is 0 Å². The largest absolute Gasteiger partial charge is 0.337 e. The van der Waals surface area contributed by atoms with Gasteiger partial charge in [0, 0.05) is 13.1 Å². The van der Waals surface area contributed by atoms with Gasteiger partial charge in [0.05, 0.1) is 6.20 Å². The molecule has 5 heteroatoms. The number of carbonyl (C=O) groups is 1. The first-order valence-electron chi connectivity index (χ1n) is 5.42. The highest BCUT2D eigenvalue weighted by molar-refractivity contribution is 5.91. The van der Waals surface area contributed by atoms with Crippen molar-refractivity contribution in [1.82, 2.24) is 20.3 Å². The number of amides is 1. The Hall–Kier alpha value is -1.39. The van der Waals surface area contributed by atoms with Crippen LogP contribution in [0, 0.1) is 5.92 Å². The number of nitrogens with one attached hydrogen (secondary N) is 1. The summed E-state index contributed by atoms with van der Waals surface area (Å²) in [6.07, 6.45) is 4.87. The summed E-state index contributed by atoms with van der Waals surface area (Å²) in [5.41, 5.74) is 0.421. The van der Waals surface area contributed by atoms with Crippen molar-refractivity contribution < 1.29 is 4.79 Å². The minimum atomic E-state index is -0.00199. The number of aromatic nitrogens is 3. The highest BCUT2D eigenvalue weighted by atomic mass is 16.2. The van der Waals surface area contributed by atoms with E-state index >= 15 is 0 Å². The third kappa shape index (κ3) is 2.34. The minimum absolute atomic E-state index is 0.00199. The number of H-pyrrole nitrogens is 1. The van der Waals surface area contributed by atoms with E-state index in [1.807, 2.05) is 4.90 Å². The zero-order valence-electron chi connectivity index (χ0n) is 8.94. The third-order valence-corrected chi connectivity index (χ3v) is 2.94. The topological polar surface area (TPSA) is 61.9 Å². The monoisotopic (exact) mass is 208 g/mol. The van der Waals surface area contributed by atoms with Gasteiger partial charge in [0.25, 0.3) is 5.91 Å². The van der Waals surface area contributed by atoms with E-state index in [9.17, 15) is 4.79 Å². The van der Waals surface area contributed by atoms with Crippen molar-refractivity contribution in [3.8, 4) is 0 Å². The first-order valence-corrected chi connectivity index (χ1v) is 5.42. The quantitative estimate of drug-likeness (QED) is 0.750. The smallest absolute Gasteiger partial charge is 0.276 e. The molecule has 1 aliphatic rings. The molecule has 1 aromatic heterocycles. The lowest BCUT2D eigenvalue weighted by Gasteiger charge is -2.18. The van der Waals surface area contributed by atoms with E-state index in [0.717, 1.165) is 31.8 Å². The summed E-state index contributed by atoms with van der Waals surface area (Å²) in [5.74, 6) is 0.720. The Bertz CT molecular complexity index is 322. The Kier molecular flexibility index (Phi) is 2.99. The maximum Gasteiger partial charge on any atom is 0.276 e. The van der Waals surface area contributed by atoms with Gasteiger partial charge < -0.3 is 4.90 Å². The number of carbonyl (C=O) groups excluding carboxylic acids is 1. The van der Waals surface area contributed by atoms with Crippen molar-refractivity contribution in [3.63, 3.8) is 0 Å². The van der Waals surface area contributed by atoms with Crippen molar-refractivity contribution in [2.24, 2.45) is 5.92 Å². The molecule has 0 saturated carbocycles. The van der Waals surface area contributed by atoms with E-state index in [-0.39, 0.29) is 5.91 Å². The highest BCUT2D eigenvalue weighted by Gasteiger charge is 2.21. The second-order valence-corrected chi connectivity index (χ2v) is 4.18. The molecule has 1 aromatic rings. The lowest BCUT2D eigenvalue weighted by atomic mass is 10.0. The molecule has 2 heterocycles. The Morgan fingerprint density at radius 2 is 2.40 bits per heavy atom. The van der Waals surface area contributed by atoms with Crippen LogP contribution in [0.2, 0.25) is 0 Å². The molecular weight excluding hydrogens is 192 g/mol. The molecule has 2 rings (SSSR count). The van der Waals surface area contributed by atoms with E-state index in [4.69, 9.17) is 0 Å². The number of hydrogen-bond donors (Lipinski definition) is 1. The first kappa shape index (κ1) is 10.1. The van der Waals surface area contributed by atoms with Gasteiger partial charge >= 0.3 is 0 Å². The molecule has 1 N–H and O–H groups in total. The first-order chi connectivity index (χ1) is 7.27. The van der Waals surface area contributed by atoms with Crippen molar-refractivity contribution in [2.45, 2.75) is 26.2 Å². The molecule has 5 nitrogen and oxygen atoms in total. The Morgan fingerprint density at radius 1 is 1.53 bits per heavy atom. The van der Waals surface area contributed by atoms with Gasteiger partial charge in [0.2, 0.25) is 0 Å². The molecule has 1 unspecified atom stereocenters. The lowest BCUT2D eigenvalue weighted by molar-refractivity contribution is 0.0754. The van der Waals surface area contributed by atoms with Crippen LogP contribution in [0.5, 0.6) is 0 Å². The molecule has 1 amide bonds. The third-order valence-electron chi connectivity index (χ3n) is 2.94. The Morgan fingerprint density at radius 3 is 3.13 bits per heavy atom. The summed E-state index contributed by atoms with van der Waals surface area (Å²) in [5, 5.41) is 9.93. The van der Waals surface area contributed by atoms with E-state index in [1.54, 1.807) is 0 Å². The maximum atomic E-state index is 11.9. The van der Waals surface area contributed by atoms with Crippen LogP contribution in [0.1, 0.15) is 36.7 Å². The van der Waals surface area contributed by atoms with Gasteiger partial charge in [-0.05, 0) is 25.2 Å². The molecule has 15 heavy (non-hydrogen) atoms. The molecule has 1 fully saturated rings. The van der Waals surface area contributed by atoms with Gasteiger partial charge in [-0.3, -0.25) is 4.79 Å². The average molecular weight is 208 g/mol. The van der Waals surface area contributed by atoms with Crippen LogP contribution >= 0.6 is 0 Å². The van der Waals surface area contributed by atoms with Crippen LogP contribution in [0.4, 0.5) is 0 Å². The standard InChI is InChI=1S/C10H16N4O/c1-8-3-2-5-14(6-4-8)10(15)9-7-11-13-12-9/h7-8H,2-6H2,1H3,(H,11,12,13). The van der Waals surface area contributed by atoms with Crippen molar-refractivity contribution in [2.75, 3.05) is 13.1 Å². The Labute approximate surface area is 88.9 Å². The summed E-state index contributed by atoms with van der Waals surface area (Å²) < 4.78 is 0. The molecule has 1 saturated heterocycles. The van der Waals surface area contributed by atoms with E-state index in [0.29, 0.717) is 5.69 Å². The molecule has 1 atom stereocenters. The fraction of sp³-hybridized carbons (Fsp3) is 0.700. The maximum absolute atomic E-state index is 11.9. The lowest BCUT2D eigenvalue weighted by Crippen LogP contribution is -2.32. The van der Waals surface area contributed by atoms with Crippen LogP contribution in [0.25, 0.3) is 0 Å². The van der Waals surface area contributed by atoms with Crippen LogP contribution in [0.15, 0.2) is 6.20 Å². The molecular formula is C10H16N4O. The zero-order chi connectivity index (χ0) is 10.7. The fourth-order valence-electron chi connectivity index (χ4n) is 1.93. The van der Waals surface area contributed by atoms with Gasteiger partial charge in [-0.15, -0.1) is 0 Å². The highest BCUT2D eigenvalue weighted by Crippen LogP contribution is 2.17. The molecule has 0 radical (unpaired) electrons. The van der Waals surface area contributed by atoms with Crippen LogP contribution in [0.3, 0.4) is 0 Å². The van der Waals surface area contributed by atoms with Crippen LogP contribution in [-0.2, 0) is 0 Å². The van der Waals surface area contributed by atoms with Crippen molar-refractivity contribution >= 4 is 5.91 Å². The van der Waals surface area contributed by atoms with Crippen LogP contribution in [-0.4, -0.2) is 39.3 Å². The average Bonchev–Trinajstić information content (AvgIpc) is 2.67. The zero-order valence-corrected chi connectivity index (χ0v) is 8.94. The molecule has 0 bridgehead atoms. The van der Waals surface area contributed by atoms with Gasteiger partial charge in [-0.1, -0.05) is 6.92 Å². The fourth-order valence-corrected chi connectivity index (χ4v) is 1.93. The van der Waals surface area contributed by atoms with E-state index in [1.165, 1.54) is 12.6 Å². The number of likely N-dealkylation sites (tertiary alicyclic amines) is 1. The second kappa shape index (κ2) is 4.42. The van der Waals surface area contributed by atoms with Crippen LogP contribution < -0.4 is 0 Å². The summed E-state index contributed by atoms with van der Waals surface area (Å²) in [4.78, 5) is 13.8. The summed E-state index contributed by atoms with van der Waals surface area (Å²) in [7, 11) is 0. The number of hydrogen-bond acceptors (Lipinski definition) is 3. The molecule has 1 aliphatic heterocycles. The predicted molar refractivity (Wildman–Crippen MR) is 55.3 cm³/mol. The van der Waals surface area contributed by atoms with E-state index < -0.39 is 0 Å². The molecule has 0 spiro atoms. The van der Waals surface area contributed by atoms with Crippen molar-refractivity contribution in [3.05, 3.63) is 11.9 Å². The number of rotatable bonds is 1. The summed E-state index contributed by atoms with van der Waals surface area (Å²) in [6, 6.07) is 0.